The summed E-state index contributed by atoms with van der Waals surface area (Å²) in [6.07, 6.45) is 20.7. The van der Waals surface area contributed by atoms with Crippen molar-refractivity contribution in [1.82, 2.24) is 9.55 Å². The summed E-state index contributed by atoms with van der Waals surface area (Å²) in [5.74, 6) is 0.0984. The van der Waals surface area contributed by atoms with E-state index < -0.39 is 17.5 Å². The summed E-state index contributed by atoms with van der Waals surface area (Å²) in [6.45, 7) is 15.0. The first kappa shape index (κ1) is 41.5. The van der Waals surface area contributed by atoms with E-state index in [9.17, 15) is 14.4 Å². The average Bonchev–Trinajstić information content (AvgIpc) is 3.79. The first-order valence-electron chi connectivity index (χ1n) is 20.5. The number of rotatable bonds is 17. The Morgan fingerprint density at radius 3 is 1.98 bits per heavy atom. The van der Waals surface area contributed by atoms with E-state index in [1.54, 1.807) is 17.6 Å². The molecule has 1 atom stereocenters. The first-order chi connectivity index (χ1) is 27.4. The van der Waals surface area contributed by atoms with Gasteiger partial charge in [0, 0.05) is 29.0 Å². The van der Waals surface area contributed by atoms with Crippen molar-refractivity contribution in [3.05, 3.63) is 110 Å². The maximum Gasteiger partial charge on any atom is 0.355 e. The van der Waals surface area contributed by atoms with Gasteiger partial charge in [0.05, 0.1) is 29.0 Å². The Morgan fingerprint density at radius 2 is 1.35 bits per heavy atom. The van der Waals surface area contributed by atoms with Gasteiger partial charge in [-0.2, -0.15) is 0 Å². The Kier molecular flexibility index (Phi) is 13.4. The summed E-state index contributed by atoms with van der Waals surface area (Å²) in [4.78, 5) is 45.8. The van der Waals surface area contributed by atoms with Crippen molar-refractivity contribution >= 4 is 22.8 Å². The first-order valence-corrected chi connectivity index (χ1v) is 20.5. The number of benzene rings is 1. The molecule has 0 saturated heterocycles. The number of nitrogens with zero attached hydrogens (tertiary/aromatic N) is 2. The minimum absolute atomic E-state index is 0.106. The maximum atomic E-state index is 13.9. The zero-order chi connectivity index (χ0) is 40.7. The number of allylic oxidation sites excluding steroid dienone is 10. The maximum absolute atomic E-state index is 13.9. The number of esters is 2. The number of pyridine rings is 2. The summed E-state index contributed by atoms with van der Waals surface area (Å²) >= 11 is 0. The average molecular weight is 775 g/mol. The van der Waals surface area contributed by atoms with Gasteiger partial charge >= 0.3 is 11.9 Å². The summed E-state index contributed by atoms with van der Waals surface area (Å²) in [5.41, 5.74) is 8.23. The molecular weight excluding hydrogens is 717 g/mol. The lowest BCUT2D eigenvalue weighted by Crippen LogP contribution is -2.47. The van der Waals surface area contributed by atoms with Crippen LogP contribution >= 0.6 is 0 Å². The van der Waals surface area contributed by atoms with Crippen LogP contribution in [0.15, 0.2) is 87.3 Å². The lowest BCUT2D eigenvalue weighted by molar-refractivity contribution is -0.189. The normalized spacial score (nSPS) is 17.6. The van der Waals surface area contributed by atoms with Gasteiger partial charge in [-0.25, -0.2) is 9.78 Å². The molecule has 2 aromatic heterocycles. The highest BCUT2D eigenvalue weighted by Gasteiger charge is 2.50. The van der Waals surface area contributed by atoms with E-state index in [1.807, 2.05) is 25.1 Å². The van der Waals surface area contributed by atoms with Crippen molar-refractivity contribution in [3.63, 3.8) is 0 Å². The zero-order valence-electron chi connectivity index (χ0n) is 34.8. The molecule has 3 aliphatic heterocycles. The molecule has 0 amide bonds. The van der Waals surface area contributed by atoms with Crippen LogP contribution < -0.4 is 15.0 Å². The van der Waals surface area contributed by atoms with Crippen molar-refractivity contribution in [2.45, 2.75) is 138 Å². The second-order valence-electron chi connectivity index (χ2n) is 16.1. The van der Waals surface area contributed by atoms with Gasteiger partial charge in [0.25, 0.3) is 5.56 Å². The molecule has 0 saturated carbocycles. The molecule has 0 N–H and O–H groups in total. The highest BCUT2D eigenvalue weighted by molar-refractivity contribution is 5.89. The van der Waals surface area contributed by atoms with Crippen LogP contribution in [0.5, 0.6) is 11.5 Å². The predicted octanol–water partition coefficient (Wildman–Crippen LogP) is 11.0. The van der Waals surface area contributed by atoms with Crippen LogP contribution in [-0.2, 0) is 37.8 Å². The molecule has 9 nitrogen and oxygen atoms in total. The summed E-state index contributed by atoms with van der Waals surface area (Å²) < 4.78 is 24.3. The Balaban J connectivity index is 1.02. The topological polar surface area (TPSA) is 106 Å². The molecule has 0 bridgehead atoms. The molecule has 302 valence electrons. The Labute approximate surface area is 337 Å². The van der Waals surface area contributed by atoms with E-state index in [4.69, 9.17) is 23.9 Å². The van der Waals surface area contributed by atoms with Gasteiger partial charge in [0.1, 0.15) is 6.61 Å². The Bertz CT molecular complexity index is 2250. The second-order valence-corrected chi connectivity index (χ2v) is 16.1. The molecule has 9 heteroatoms. The zero-order valence-corrected chi connectivity index (χ0v) is 34.8. The molecule has 6 rings (SSSR count). The van der Waals surface area contributed by atoms with E-state index in [2.05, 4.69) is 65.0 Å². The van der Waals surface area contributed by atoms with E-state index in [-0.39, 0.29) is 31.8 Å². The van der Waals surface area contributed by atoms with Crippen molar-refractivity contribution < 1.29 is 28.5 Å². The Morgan fingerprint density at radius 1 is 0.754 bits per heavy atom. The highest BCUT2D eigenvalue weighted by Crippen LogP contribution is 2.42. The lowest BCUT2D eigenvalue weighted by Gasteiger charge is -2.35. The van der Waals surface area contributed by atoms with E-state index in [0.717, 1.165) is 67.9 Å². The number of fused-ring (bicyclic) bond motifs is 6. The third kappa shape index (κ3) is 9.69. The van der Waals surface area contributed by atoms with Gasteiger partial charge in [-0.15, -0.1) is 0 Å². The minimum Gasteiger partial charge on any atom is -0.457 e. The van der Waals surface area contributed by atoms with E-state index in [0.29, 0.717) is 52.5 Å². The molecule has 0 aliphatic carbocycles. The number of aromatic nitrogens is 2. The second kappa shape index (κ2) is 18.4. The lowest BCUT2D eigenvalue weighted by atomic mass is 9.85. The van der Waals surface area contributed by atoms with Gasteiger partial charge in [0.2, 0.25) is 12.4 Å². The van der Waals surface area contributed by atoms with Crippen LogP contribution in [0.25, 0.3) is 22.3 Å². The molecule has 3 aromatic rings. The molecule has 5 heterocycles. The van der Waals surface area contributed by atoms with Gasteiger partial charge < -0.3 is 23.5 Å². The largest absolute Gasteiger partial charge is 0.457 e. The fourth-order valence-electron chi connectivity index (χ4n) is 7.82. The monoisotopic (exact) mass is 774 g/mol. The quantitative estimate of drug-likeness (QED) is 0.0593. The highest BCUT2D eigenvalue weighted by atomic mass is 16.7. The number of carbonyl (C=O) groups is 2. The van der Waals surface area contributed by atoms with Crippen molar-refractivity contribution in [3.8, 4) is 22.9 Å². The standard InChI is InChI=1S/C48H58N2O7/c1-8-48(57-44(51)23-22-35(7)21-13-20-34(6)19-12-18-33(5)17-11-16-32(4)15-10-9-14-31(2)3)39-26-41-45-37(28-50(41)46(52)38(39)29-54-47(48)53)24-36-25-42-43(56-30-55-42)27-40(36)49-45/h14-15,17,19,21,24-27H,8-13,16,18,20,22-23,28-30H2,1-7H3/b32-15+,33-17+,34-19+,35-21+/t48-/m0/s1. The molecule has 0 radical (unpaired) electrons. The van der Waals surface area contributed by atoms with Gasteiger partial charge in [-0.1, -0.05) is 65.2 Å². The molecule has 0 spiro atoms. The van der Waals surface area contributed by atoms with Gasteiger partial charge in [-0.3, -0.25) is 9.59 Å². The fraction of sp³-hybridized carbons (Fsp3) is 0.458. The third-order valence-electron chi connectivity index (χ3n) is 11.3. The van der Waals surface area contributed by atoms with Crippen LogP contribution in [0.1, 0.15) is 136 Å². The number of ether oxygens (including phenoxy) is 4. The number of hydrogen-bond acceptors (Lipinski definition) is 8. The SMILES string of the molecule is CC[C@@]1(OC(=O)CC/C(C)=C/CC/C(C)=C/CC/C(C)=C/CC/C(C)=C/CCC=C(C)C)C(=O)OCc2c1cc1n(c2=O)Cc2cc3cc4c(cc3nc2-1)OCO4. The third-order valence-corrected chi connectivity index (χ3v) is 11.3. The van der Waals surface area contributed by atoms with Gasteiger partial charge in [-0.05, 0) is 124 Å². The van der Waals surface area contributed by atoms with E-state index >= 15 is 0 Å². The number of hydrogen-bond donors (Lipinski definition) is 0. The summed E-state index contributed by atoms with van der Waals surface area (Å²) in [5, 5.41) is 0.875. The molecular formula is C48H58N2O7. The summed E-state index contributed by atoms with van der Waals surface area (Å²) in [7, 11) is 0. The van der Waals surface area contributed by atoms with Gasteiger partial charge in [0.15, 0.2) is 11.5 Å². The van der Waals surface area contributed by atoms with Crippen molar-refractivity contribution in [2.75, 3.05) is 6.79 Å². The Hall–Kier alpha value is -5.18. The molecule has 57 heavy (non-hydrogen) atoms. The van der Waals surface area contributed by atoms with Crippen molar-refractivity contribution in [1.29, 1.82) is 0 Å². The van der Waals surface area contributed by atoms with Crippen LogP contribution in [0, 0.1) is 0 Å². The molecule has 1 aromatic carbocycles. The fourth-order valence-corrected chi connectivity index (χ4v) is 7.82. The van der Waals surface area contributed by atoms with E-state index in [1.165, 1.54) is 22.3 Å². The van der Waals surface area contributed by atoms with Crippen LogP contribution in [0.3, 0.4) is 0 Å². The molecule has 0 unspecified atom stereocenters. The smallest absolute Gasteiger partial charge is 0.355 e. The number of unbranched alkanes of at least 4 members (excludes halogenated alkanes) is 1. The van der Waals surface area contributed by atoms with Crippen molar-refractivity contribution in [2.24, 2.45) is 0 Å². The van der Waals surface area contributed by atoms with Crippen LogP contribution in [0.4, 0.5) is 0 Å². The van der Waals surface area contributed by atoms with Crippen LogP contribution in [0.2, 0.25) is 0 Å². The number of cyclic esters (lactones) is 1. The summed E-state index contributed by atoms with van der Waals surface area (Å²) in [6, 6.07) is 7.52. The van der Waals surface area contributed by atoms with Crippen LogP contribution in [-0.4, -0.2) is 28.3 Å². The number of carbonyl (C=O) groups excluding carboxylic acids is 2. The minimum atomic E-state index is -1.72. The molecule has 3 aliphatic rings. The predicted molar refractivity (Wildman–Crippen MR) is 225 cm³/mol. The molecule has 0 fully saturated rings.